The summed E-state index contributed by atoms with van der Waals surface area (Å²) in [4.78, 5) is 10.0. The Morgan fingerprint density at radius 2 is 0.830 bits per heavy atom. The summed E-state index contributed by atoms with van der Waals surface area (Å²) in [7, 11) is 0. The average molecular weight is 601 g/mol. The highest BCUT2D eigenvalue weighted by Crippen LogP contribution is 2.36. The summed E-state index contributed by atoms with van der Waals surface area (Å²) in [5, 5.41) is 4.66. The van der Waals surface area contributed by atoms with E-state index in [4.69, 9.17) is 14.4 Å². The maximum absolute atomic E-state index is 6.26. The topological polar surface area (TPSA) is 38.9 Å². The van der Waals surface area contributed by atoms with Crippen molar-refractivity contribution in [3.63, 3.8) is 0 Å². The standard InChI is InChI=1S/C44H28N2O/c1-3-11-29(12-4-1)40-28-41(46-44(45-40)30-13-5-2-6-14-30)37-20-10-19-33(24-37)31-17-9-18-32(23-31)36-21-22-42-38(26-36)39-25-34-15-7-8-16-35(34)27-43(39)47-42/h1-28H. The highest BCUT2D eigenvalue weighted by molar-refractivity contribution is 6.11. The Hall–Kier alpha value is -6.32. The maximum atomic E-state index is 6.26. The molecular formula is C44H28N2O. The van der Waals surface area contributed by atoms with Crippen molar-refractivity contribution in [1.29, 1.82) is 0 Å². The van der Waals surface area contributed by atoms with Gasteiger partial charge in [-0.25, -0.2) is 9.97 Å². The third-order valence-corrected chi connectivity index (χ3v) is 8.85. The molecule has 220 valence electrons. The number of nitrogens with zero attached hydrogens (tertiary/aromatic N) is 2. The van der Waals surface area contributed by atoms with E-state index in [9.17, 15) is 0 Å². The van der Waals surface area contributed by atoms with Crippen LogP contribution in [0, 0.1) is 0 Å². The van der Waals surface area contributed by atoms with Gasteiger partial charge in [0.1, 0.15) is 11.2 Å². The number of benzene rings is 7. The van der Waals surface area contributed by atoms with Gasteiger partial charge in [-0.2, -0.15) is 0 Å². The smallest absolute Gasteiger partial charge is 0.160 e. The van der Waals surface area contributed by atoms with Crippen molar-refractivity contribution in [2.75, 3.05) is 0 Å². The first-order chi connectivity index (χ1) is 23.2. The molecule has 0 aliphatic rings. The van der Waals surface area contributed by atoms with Crippen LogP contribution < -0.4 is 0 Å². The van der Waals surface area contributed by atoms with Crippen molar-refractivity contribution in [1.82, 2.24) is 9.97 Å². The fraction of sp³-hybridized carbons (Fsp3) is 0. The van der Waals surface area contributed by atoms with Crippen LogP contribution in [0.15, 0.2) is 174 Å². The number of furan rings is 1. The minimum Gasteiger partial charge on any atom is -0.456 e. The van der Waals surface area contributed by atoms with Crippen LogP contribution in [0.4, 0.5) is 0 Å². The van der Waals surface area contributed by atoms with Crippen LogP contribution in [0.25, 0.3) is 88.9 Å². The zero-order chi connectivity index (χ0) is 31.2. The van der Waals surface area contributed by atoms with E-state index in [1.165, 1.54) is 10.8 Å². The van der Waals surface area contributed by atoms with Crippen LogP contribution in [0.1, 0.15) is 0 Å². The molecule has 3 nitrogen and oxygen atoms in total. The second kappa shape index (κ2) is 11.2. The predicted octanol–water partition coefficient (Wildman–Crippen LogP) is 11.9. The Bertz CT molecular complexity index is 2510. The zero-order valence-electron chi connectivity index (χ0n) is 25.5. The summed E-state index contributed by atoms with van der Waals surface area (Å²) >= 11 is 0. The molecule has 0 amide bonds. The highest BCUT2D eigenvalue weighted by Gasteiger charge is 2.13. The Balaban J connectivity index is 1.11. The fourth-order valence-electron chi connectivity index (χ4n) is 6.45. The third-order valence-electron chi connectivity index (χ3n) is 8.85. The normalized spacial score (nSPS) is 11.4. The molecule has 7 aromatic carbocycles. The first-order valence-electron chi connectivity index (χ1n) is 15.8. The number of rotatable bonds is 5. The summed E-state index contributed by atoms with van der Waals surface area (Å²) in [6, 6.07) is 59.2. The first-order valence-corrected chi connectivity index (χ1v) is 15.8. The maximum Gasteiger partial charge on any atom is 0.160 e. The van der Waals surface area contributed by atoms with Crippen molar-refractivity contribution < 1.29 is 4.42 Å². The van der Waals surface area contributed by atoms with E-state index in [0.29, 0.717) is 5.82 Å². The molecular weight excluding hydrogens is 572 g/mol. The molecule has 9 rings (SSSR count). The van der Waals surface area contributed by atoms with Gasteiger partial charge in [-0.3, -0.25) is 0 Å². The van der Waals surface area contributed by atoms with Crippen LogP contribution in [0.3, 0.4) is 0 Å². The third kappa shape index (κ3) is 5.04. The minimum absolute atomic E-state index is 0.713. The van der Waals surface area contributed by atoms with Crippen LogP contribution in [0.2, 0.25) is 0 Å². The Kier molecular flexibility index (Phi) is 6.46. The number of hydrogen-bond donors (Lipinski definition) is 0. The van der Waals surface area contributed by atoms with E-state index < -0.39 is 0 Å². The lowest BCUT2D eigenvalue weighted by molar-refractivity contribution is 0.669. The van der Waals surface area contributed by atoms with Crippen molar-refractivity contribution in [2.24, 2.45) is 0 Å². The van der Waals surface area contributed by atoms with E-state index in [1.807, 2.05) is 36.4 Å². The molecule has 47 heavy (non-hydrogen) atoms. The van der Waals surface area contributed by atoms with Gasteiger partial charge in [0.05, 0.1) is 11.4 Å². The Labute approximate surface area is 272 Å². The molecule has 2 aromatic heterocycles. The summed E-state index contributed by atoms with van der Waals surface area (Å²) in [6.45, 7) is 0. The molecule has 0 bridgehead atoms. The van der Waals surface area contributed by atoms with Gasteiger partial charge in [0.2, 0.25) is 0 Å². The monoisotopic (exact) mass is 600 g/mol. The lowest BCUT2D eigenvalue weighted by Gasteiger charge is -2.11. The first kappa shape index (κ1) is 27.0. The van der Waals surface area contributed by atoms with Crippen molar-refractivity contribution in [3.8, 4) is 56.2 Å². The fourth-order valence-corrected chi connectivity index (χ4v) is 6.45. The molecule has 0 N–H and O–H groups in total. The quantitative estimate of drug-likeness (QED) is 0.197. The molecule has 0 unspecified atom stereocenters. The number of aromatic nitrogens is 2. The van der Waals surface area contributed by atoms with Gasteiger partial charge in [0.15, 0.2) is 5.82 Å². The summed E-state index contributed by atoms with van der Waals surface area (Å²) in [5.41, 5.74) is 11.3. The second-order valence-electron chi connectivity index (χ2n) is 11.9. The molecule has 0 spiro atoms. The molecule has 0 fully saturated rings. The Morgan fingerprint density at radius 1 is 0.319 bits per heavy atom. The lowest BCUT2D eigenvalue weighted by atomic mass is 9.96. The number of fused-ring (bicyclic) bond motifs is 4. The molecule has 3 heteroatoms. The van der Waals surface area contributed by atoms with Crippen molar-refractivity contribution in [3.05, 3.63) is 170 Å². The largest absolute Gasteiger partial charge is 0.456 e. The predicted molar refractivity (Wildman–Crippen MR) is 194 cm³/mol. The van der Waals surface area contributed by atoms with Gasteiger partial charge in [0.25, 0.3) is 0 Å². The minimum atomic E-state index is 0.713. The van der Waals surface area contributed by atoms with Gasteiger partial charge in [0, 0.05) is 27.5 Å². The number of hydrogen-bond acceptors (Lipinski definition) is 3. The van der Waals surface area contributed by atoms with Gasteiger partial charge in [-0.1, -0.05) is 127 Å². The van der Waals surface area contributed by atoms with E-state index >= 15 is 0 Å². The van der Waals surface area contributed by atoms with E-state index in [0.717, 1.165) is 72.3 Å². The Morgan fingerprint density at radius 3 is 1.53 bits per heavy atom. The average Bonchev–Trinajstić information content (AvgIpc) is 3.51. The molecule has 9 aromatic rings. The van der Waals surface area contributed by atoms with Gasteiger partial charge in [-0.05, 0) is 75.5 Å². The van der Waals surface area contributed by atoms with E-state index in [-0.39, 0.29) is 0 Å². The zero-order valence-corrected chi connectivity index (χ0v) is 25.5. The lowest BCUT2D eigenvalue weighted by Crippen LogP contribution is -1.96. The van der Waals surface area contributed by atoms with Gasteiger partial charge in [-0.15, -0.1) is 0 Å². The van der Waals surface area contributed by atoms with Crippen molar-refractivity contribution in [2.45, 2.75) is 0 Å². The van der Waals surface area contributed by atoms with Crippen molar-refractivity contribution >= 4 is 32.7 Å². The molecule has 0 aliphatic heterocycles. The summed E-state index contributed by atoms with van der Waals surface area (Å²) in [5.74, 6) is 0.713. The van der Waals surface area contributed by atoms with Gasteiger partial charge < -0.3 is 4.42 Å². The molecule has 0 saturated heterocycles. The van der Waals surface area contributed by atoms with Crippen LogP contribution in [-0.4, -0.2) is 9.97 Å². The highest BCUT2D eigenvalue weighted by atomic mass is 16.3. The summed E-state index contributed by atoms with van der Waals surface area (Å²) < 4.78 is 6.26. The van der Waals surface area contributed by atoms with Crippen LogP contribution >= 0.6 is 0 Å². The summed E-state index contributed by atoms with van der Waals surface area (Å²) in [6.07, 6.45) is 0. The van der Waals surface area contributed by atoms with E-state index in [1.54, 1.807) is 0 Å². The molecule has 0 saturated carbocycles. The molecule has 0 atom stereocenters. The second-order valence-corrected chi connectivity index (χ2v) is 11.9. The van der Waals surface area contributed by atoms with Crippen LogP contribution in [-0.2, 0) is 0 Å². The molecule has 0 aliphatic carbocycles. The van der Waals surface area contributed by atoms with E-state index in [2.05, 4.69) is 133 Å². The molecule has 0 radical (unpaired) electrons. The molecule has 2 heterocycles. The van der Waals surface area contributed by atoms with Gasteiger partial charge >= 0.3 is 0 Å². The van der Waals surface area contributed by atoms with Crippen LogP contribution in [0.5, 0.6) is 0 Å². The SMILES string of the molecule is c1ccc(-c2cc(-c3cccc(-c4cccc(-c5ccc6oc7cc8ccccc8cc7c6c5)c4)c3)nc(-c3ccccc3)n2)cc1.